The van der Waals surface area contributed by atoms with Gasteiger partial charge in [-0.2, -0.15) is 0 Å². The van der Waals surface area contributed by atoms with Crippen molar-refractivity contribution in [2.75, 3.05) is 13.6 Å². The molecule has 2 unspecified atom stereocenters. The van der Waals surface area contributed by atoms with E-state index in [0.717, 1.165) is 6.54 Å². The molecule has 1 aliphatic heterocycles. The Bertz CT molecular complexity index is 359. The van der Waals surface area contributed by atoms with Gasteiger partial charge in [0, 0.05) is 25.2 Å². The van der Waals surface area contributed by atoms with Gasteiger partial charge in [0.25, 0.3) is 0 Å². The van der Waals surface area contributed by atoms with Crippen molar-refractivity contribution in [1.29, 1.82) is 0 Å². The molecule has 0 bridgehead atoms. The molecule has 2 heteroatoms. The van der Waals surface area contributed by atoms with Crippen molar-refractivity contribution in [2.45, 2.75) is 51.7 Å². The first-order valence-electron chi connectivity index (χ1n) is 7.08. The Labute approximate surface area is 111 Å². The summed E-state index contributed by atoms with van der Waals surface area (Å²) in [6.07, 6.45) is 1.26. The maximum Gasteiger partial charge on any atom is 0.0212 e. The molecule has 1 N–H and O–H groups in total. The van der Waals surface area contributed by atoms with Crippen molar-refractivity contribution in [3.8, 4) is 0 Å². The summed E-state index contributed by atoms with van der Waals surface area (Å²) in [6.45, 7) is 8.94. The van der Waals surface area contributed by atoms with E-state index in [1.165, 1.54) is 24.1 Å². The van der Waals surface area contributed by atoms with Gasteiger partial charge in [-0.05, 0) is 37.4 Å². The van der Waals surface area contributed by atoms with E-state index in [4.69, 9.17) is 0 Å². The lowest BCUT2D eigenvalue weighted by Crippen LogP contribution is -2.31. The fraction of sp³-hybridized carbons (Fsp3) is 0.625. The molecule has 0 spiro atoms. The molecule has 0 amide bonds. The van der Waals surface area contributed by atoms with Gasteiger partial charge in [-0.25, -0.2) is 0 Å². The van der Waals surface area contributed by atoms with Gasteiger partial charge in [0.15, 0.2) is 0 Å². The highest BCUT2D eigenvalue weighted by Gasteiger charge is 2.25. The van der Waals surface area contributed by atoms with Gasteiger partial charge < -0.3 is 10.2 Å². The Hall–Kier alpha value is -0.860. The molecule has 18 heavy (non-hydrogen) atoms. The van der Waals surface area contributed by atoms with E-state index in [1.807, 2.05) is 0 Å². The molecular weight excluding hydrogens is 220 g/mol. The van der Waals surface area contributed by atoms with Crippen molar-refractivity contribution in [3.05, 3.63) is 35.4 Å². The maximum absolute atomic E-state index is 3.67. The van der Waals surface area contributed by atoms with Gasteiger partial charge in [0.05, 0.1) is 0 Å². The summed E-state index contributed by atoms with van der Waals surface area (Å²) < 4.78 is 0. The Morgan fingerprint density at radius 1 is 1.28 bits per heavy atom. The summed E-state index contributed by atoms with van der Waals surface area (Å²) in [6, 6.07) is 10.4. The van der Waals surface area contributed by atoms with Gasteiger partial charge >= 0.3 is 0 Å². The maximum atomic E-state index is 3.67. The van der Waals surface area contributed by atoms with E-state index < -0.39 is 0 Å². The van der Waals surface area contributed by atoms with Crippen LogP contribution < -0.4 is 5.32 Å². The smallest absolute Gasteiger partial charge is 0.0212 e. The molecule has 0 saturated carbocycles. The zero-order valence-corrected chi connectivity index (χ0v) is 12.1. The number of benzene rings is 1. The second kappa shape index (κ2) is 5.85. The van der Waals surface area contributed by atoms with Gasteiger partial charge in [-0.15, -0.1) is 0 Å². The van der Waals surface area contributed by atoms with E-state index in [9.17, 15) is 0 Å². The minimum absolute atomic E-state index is 0.622. The number of nitrogens with one attached hydrogen (secondary N) is 1. The fourth-order valence-corrected chi connectivity index (χ4v) is 2.62. The molecule has 2 nitrogen and oxygen atoms in total. The Morgan fingerprint density at radius 3 is 2.44 bits per heavy atom. The van der Waals surface area contributed by atoms with Crippen LogP contribution in [0.25, 0.3) is 0 Å². The second-order valence-electron chi connectivity index (χ2n) is 6.00. The average Bonchev–Trinajstić information content (AvgIpc) is 2.67. The highest BCUT2D eigenvalue weighted by Crippen LogP contribution is 2.17. The zero-order chi connectivity index (χ0) is 13.1. The summed E-state index contributed by atoms with van der Waals surface area (Å²) in [7, 11) is 2.21. The van der Waals surface area contributed by atoms with Crippen LogP contribution in [0.5, 0.6) is 0 Å². The highest BCUT2D eigenvalue weighted by molar-refractivity contribution is 5.24. The van der Waals surface area contributed by atoms with Gasteiger partial charge in [0.2, 0.25) is 0 Å². The quantitative estimate of drug-likeness (QED) is 0.878. The van der Waals surface area contributed by atoms with E-state index in [-0.39, 0.29) is 0 Å². The predicted octanol–water partition coefficient (Wildman–Crippen LogP) is 2.99. The predicted molar refractivity (Wildman–Crippen MR) is 77.9 cm³/mol. The third-order valence-corrected chi connectivity index (χ3v) is 4.13. The lowest BCUT2D eigenvalue weighted by atomic mass is 10.0. The second-order valence-corrected chi connectivity index (χ2v) is 6.00. The minimum atomic E-state index is 0.622. The van der Waals surface area contributed by atoms with Crippen LogP contribution in [0.1, 0.15) is 44.2 Å². The van der Waals surface area contributed by atoms with Crippen molar-refractivity contribution in [3.63, 3.8) is 0 Å². The summed E-state index contributed by atoms with van der Waals surface area (Å²) in [5.41, 5.74) is 2.81. The number of likely N-dealkylation sites (N-methyl/N-ethyl adjacent to an activating group) is 1. The van der Waals surface area contributed by atoms with Crippen molar-refractivity contribution >= 4 is 0 Å². The topological polar surface area (TPSA) is 15.3 Å². The summed E-state index contributed by atoms with van der Waals surface area (Å²) in [4.78, 5) is 2.43. The number of hydrogen-bond acceptors (Lipinski definition) is 2. The molecule has 100 valence electrons. The average molecular weight is 246 g/mol. The normalized spacial score (nSPS) is 24.9. The number of likely N-dealkylation sites (tertiary alicyclic amines) is 1. The molecule has 0 radical (unpaired) electrons. The molecule has 2 rings (SSSR count). The fourth-order valence-electron chi connectivity index (χ4n) is 2.62. The molecule has 0 aliphatic carbocycles. The van der Waals surface area contributed by atoms with Gasteiger partial charge in [0.1, 0.15) is 0 Å². The molecule has 1 aromatic carbocycles. The Morgan fingerprint density at radius 2 is 1.94 bits per heavy atom. The first-order chi connectivity index (χ1) is 8.56. The zero-order valence-electron chi connectivity index (χ0n) is 12.1. The van der Waals surface area contributed by atoms with Crippen LogP contribution in [-0.4, -0.2) is 30.6 Å². The first-order valence-corrected chi connectivity index (χ1v) is 7.08. The van der Waals surface area contributed by atoms with Crippen molar-refractivity contribution in [1.82, 2.24) is 10.2 Å². The molecular formula is C16H26N2. The minimum Gasteiger partial charge on any atom is -0.309 e. The summed E-state index contributed by atoms with van der Waals surface area (Å²) in [5, 5.41) is 3.67. The largest absolute Gasteiger partial charge is 0.309 e. The monoisotopic (exact) mass is 246 g/mol. The summed E-state index contributed by atoms with van der Waals surface area (Å²) in [5.74, 6) is 0.622. The SMILES string of the molecule is CC(C)c1ccc(CNC2CC(C)N(C)C2)cc1. The molecule has 2 atom stereocenters. The van der Waals surface area contributed by atoms with Gasteiger partial charge in [-0.1, -0.05) is 38.1 Å². The third kappa shape index (κ3) is 3.33. The molecule has 1 fully saturated rings. The lowest BCUT2D eigenvalue weighted by Gasteiger charge is -2.13. The van der Waals surface area contributed by atoms with E-state index >= 15 is 0 Å². The van der Waals surface area contributed by atoms with Crippen LogP contribution in [0.4, 0.5) is 0 Å². The van der Waals surface area contributed by atoms with Crippen LogP contribution >= 0.6 is 0 Å². The van der Waals surface area contributed by atoms with Crippen LogP contribution in [0, 0.1) is 0 Å². The Kier molecular flexibility index (Phi) is 4.41. The molecule has 1 heterocycles. The van der Waals surface area contributed by atoms with Crippen LogP contribution in [0.3, 0.4) is 0 Å². The van der Waals surface area contributed by atoms with Crippen molar-refractivity contribution in [2.24, 2.45) is 0 Å². The van der Waals surface area contributed by atoms with E-state index in [2.05, 4.69) is 62.3 Å². The van der Waals surface area contributed by atoms with Crippen LogP contribution in [0.2, 0.25) is 0 Å². The van der Waals surface area contributed by atoms with Gasteiger partial charge in [-0.3, -0.25) is 0 Å². The lowest BCUT2D eigenvalue weighted by molar-refractivity contribution is 0.326. The highest BCUT2D eigenvalue weighted by atomic mass is 15.2. The molecule has 0 aromatic heterocycles. The van der Waals surface area contributed by atoms with E-state index in [1.54, 1.807) is 0 Å². The molecule has 1 aromatic rings. The Balaban J connectivity index is 1.83. The standard InChI is InChI=1S/C16H26N2/c1-12(2)15-7-5-14(6-8-15)10-17-16-9-13(3)18(4)11-16/h5-8,12-13,16-17H,9-11H2,1-4H3. The third-order valence-electron chi connectivity index (χ3n) is 4.13. The number of rotatable bonds is 4. The number of nitrogens with zero attached hydrogens (tertiary/aromatic N) is 1. The first kappa shape index (κ1) is 13.6. The van der Waals surface area contributed by atoms with Crippen LogP contribution in [-0.2, 0) is 6.54 Å². The molecule has 1 saturated heterocycles. The van der Waals surface area contributed by atoms with Crippen molar-refractivity contribution < 1.29 is 0 Å². The number of hydrogen-bond donors (Lipinski definition) is 1. The summed E-state index contributed by atoms with van der Waals surface area (Å²) >= 11 is 0. The molecule has 1 aliphatic rings. The van der Waals surface area contributed by atoms with E-state index in [0.29, 0.717) is 18.0 Å². The van der Waals surface area contributed by atoms with Crippen LogP contribution in [0.15, 0.2) is 24.3 Å².